The van der Waals surface area contributed by atoms with Crippen molar-refractivity contribution in [3.8, 4) is 0 Å². The number of rotatable bonds is 12. The van der Waals surface area contributed by atoms with Crippen LogP contribution in [0.5, 0.6) is 0 Å². The van der Waals surface area contributed by atoms with Crippen LogP contribution in [0.3, 0.4) is 0 Å². The van der Waals surface area contributed by atoms with E-state index in [4.69, 9.17) is 0 Å². The molecule has 0 aliphatic rings. The van der Waals surface area contributed by atoms with Gasteiger partial charge in [-0.3, -0.25) is 13.9 Å². The van der Waals surface area contributed by atoms with Crippen LogP contribution >= 0.6 is 0 Å². The molecule has 0 spiro atoms. The van der Waals surface area contributed by atoms with Gasteiger partial charge in [-0.1, -0.05) is 55.5 Å². The Labute approximate surface area is 222 Å². The first kappa shape index (κ1) is 28.8. The van der Waals surface area contributed by atoms with Crippen molar-refractivity contribution in [2.75, 3.05) is 23.7 Å². The van der Waals surface area contributed by atoms with E-state index in [9.17, 15) is 26.8 Å². The molecule has 202 valence electrons. The first-order valence-corrected chi connectivity index (χ1v) is 14.0. The topological polar surface area (TPSA) is 86.8 Å². The summed E-state index contributed by atoms with van der Waals surface area (Å²) in [4.78, 5) is 28.4. The van der Waals surface area contributed by atoms with Crippen molar-refractivity contribution in [2.45, 2.75) is 32.4 Å². The lowest BCUT2D eigenvalue weighted by atomic mass is 10.0. The van der Waals surface area contributed by atoms with Crippen LogP contribution in [0.25, 0.3) is 0 Å². The van der Waals surface area contributed by atoms with Crippen LogP contribution in [-0.2, 0) is 32.6 Å². The molecule has 1 atom stereocenters. The molecule has 0 radical (unpaired) electrons. The largest absolute Gasteiger partial charge is 0.354 e. The van der Waals surface area contributed by atoms with E-state index in [0.717, 1.165) is 28.3 Å². The average Bonchev–Trinajstić information content (AvgIpc) is 2.89. The van der Waals surface area contributed by atoms with E-state index in [1.54, 1.807) is 18.2 Å². The summed E-state index contributed by atoms with van der Waals surface area (Å²) in [5.41, 5.74) is 1.03. The number of hydrogen-bond acceptors (Lipinski definition) is 4. The zero-order valence-electron chi connectivity index (χ0n) is 21.3. The molecule has 3 aromatic rings. The number of hydrogen-bond donors (Lipinski definition) is 1. The first-order valence-electron chi connectivity index (χ1n) is 12.2. The maximum absolute atomic E-state index is 14.7. The lowest BCUT2D eigenvalue weighted by Crippen LogP contribution is -2.53. The zero-order chi connectivity index (χ0) is 27.7. The summed E-state index contributed by atoms with van der Waals surface area (Å²) >= 11 is 0. The maximum Gasteiger partial charge on any atom is 0.244 e. The van der Waals surface area contributed by atoms with Gasteiger partial charge in [0.25, 0.3) is 0 Å². The molecule has 0 bridgehead atoms. The quantitative estimate of drug-likeness (QED) is 0.376. The number of benzene rings is 3. The SMILES string of the molecule is CCCNC(=O)[C@@H](Cc1ccccc1)N(Cc1ccccc1F)C(=O)CN(c1ccc(F)cc1)S(C)(=O)=O. The van der Waals surface area contributed by atoms with Gasteiger partial charge in [0.2, 0.25) is 21.8 Å². The van der Waals surface area contributed by atoms with Crippen molar-refractivity contribution < 1.29 is 26.8 Å². The molecule has 0 saturated heterocycles. The highest BCUT2D eigenvalue weighted by molar-refractivity contribution is 7.92. The van der Waals surface area contributed by atoms with Crippen molar-refractivity contribution >= 4 is 27.5 Å². The van der Waals surface area contributed by atoms with E-state index in [1.165, 1.54) is 35.2 Å². The number of carbonyl (C=O) groups excluding carboxylic acids is 2. The summed E-state index contributed by atoms with van der Waals surface area (Å²) < 4.78 is 54.3. The van der Waals surface area contributed by atoms with Crippen LogP contribution in [0, 0.1) is 11.6 Å². The fraction of sp³-hybridized carbons (Fsp3) is 0.286. The van der Waals surface area contributed by atoms with Gasteiger partial charge in [0.15, 0.2) is 0 Å². The highest BCUT2D eigenvalue weighted by Gasteiger charge is 2.33. The molecule has 38 heavy (non-hydrogen) atoms. The predicted molar refractivity (Wildman–Crippen MR) is 143 cm³/mol. The summed E-state index contributed by atoms with van der Waals surface area (Å²) in [6.07, 6.45) is 1.73. The highest BCUT2D eigenvalue weighted by atomic mass is 32.2. The van der Waals surface area contributed by atoms with Crippen LogP contribution < -0.4 is 9.62 Å². The molecule has 0 aromatic heterocycles. The summed E-state index contributed by atoms with van der Waals surface area (Å²) in [6.45, 7) is 1.34. The Morgan fingerprint density at radius 1 is 0.921 bits per heavy atom. The molecule has 0 aliphatic carbocycles. The number of sulfonamides is 1. The predicted octanol–water partition coefficient (Wildman–Crippen LogP) is 3.90. The Balaban J connectivity index is 2.04. The average molecular weight is 544 g/mol. The van der Waals surface area contributed by atoms with Crippen LogP contribution in [-0.4, -0.2) is 50.5 Å². The summed E-state index contributed by atoms with van der Waals surface area (Å²) in [7, 11) is -3.97. The van der Waals surface area contributed by atoms with Gasteiger partial charge >= 0.3 is 0 Å². The minimum absolute atomic E-state index is 0.0862. The van der Waals surface area contributed by atoms with Gasteiger partial charge in [0.1, 0.15) is 24.2 Å². The van der Waals surface area contributed by atoms with E-state index >= 15 is 0 Å². The summed E-state index contributed by atoms with van der Waals surface area (Å²) in [6, 6.07) is 18.6. The lowest BCUT2D eigenvalue weighted by Gasteiger charge is -2.33. The molecular formula is C28H31F2N3O4S. The molecule has 2 amide bonds. The molecule has 3 aromatic carbocycles. The molecule has 1 N–H and O–H groups in total. The van der Waals surface area contributed by atoms with E-state index < -0.39 is 46.1 Å². The molecule has 0 heterocycles. The van der Waals surface area contributed by atoms with Crippen molar-refractivity contribution in [1.82, 2.24) is 10.2 Å². The van der Waals surface area contributed by atoms with Gasteiger partial charge in [-0.2, -0.15) is 0 Å². The Bertz CT molecular complexity index is 1340. The van der Waals surface area contributed by atoms with Crippen molar-refractivity contribution in [3.63, 3.8) is 0 Å². The van der Waals surface area contributed by atoms with Crippen molar-refractivity contribution in [2.24, 2.45) is 0 Å². The molecule has 3 rings (SSSR count). The van der Waals surface area contributed by atoms with Gasteiger partial charge in [-0.25, -0.2) is 17.2 Å². The number of amides is 2. The van der Waals surface area contributed by atoms with Gasteiger partial charge in [-0.15, -0.1) is 0 Å². The van der Waals surface area contributed by atoms with Crippen LogP contribution in [0.4, 0.5) is 14.5 Å². The van der Waals surface area contributed by atoms with Crippen LogP contribution in [0.1, 0.15) is 24.5 Å². The second-order valence-corrected chi connectivity index (χ2v) is 10.8. The van der Waals surface area contributed by atoms with E-state index in [2.05, 4.69) is 5.32 Å². The van der Waals surface area contributed by atoms with Crippen LogP contribution in [0.15, 0.2) is 78.9 Å². The highest BCUT2D eigenvalue weighted by Crippen LogP contribution is 2.21. The second-order valence-electron chi connectivity index (χ2n) is 8.86. The third-order valence-electron chi connectivity index (χ3n) is 5.91. The molecule has 10 heteroatoms. The first-order chi connectivity index (χ1) is 18.1. The lowest BCUT2D eigenvalue weighted by molar-refractivity contribution is -0.140. The molecule has 0 fully saturated rings. The molecule has 0 saturated carbocycles. The monoisotopic (exact) mass is 543 g/mol. The Hall–Kier alpha value is -3.79. The molecule has 7 nitrogen and oxygen atoms in total. The fourth-order valence-corrected chi connectivity index (χ4v) is 4.80. The Morgan fingerprint density at radius 2 is 1.55 bits per heavy atom. The Kier molecular flexibility index (Phi) is 9.95. The van der Waals surface area contributed by atoms with E-state index in [1.807, 2.05) is 25.1 Å². The van der Waals surface area contributed by atoms with Gasteiger partial charge in [0, 0.05) is 25.1 Å². The molecular weight excluding hydrogens is 512 g/mol. The van der Waals surface area contributed by atoms with Gasteiger partial charge < -0.3 is 10.2 Å². The number of nitrogens with zero attached hydrogens (tertiary/aromatic N) is 2. The van der Waals surface area contributed by atoms with Crippen LogP contribution in [0.2, 0.25) is 0 Å². The minimum atomic E-state index is -3.97. The fourth-order valence-electron chi connectivity index (χ4n) is 3.95. The minimum Gasteiger partial charge on any atom is -0.354 e. The second kappa shape index (κ2) is 13.1. The van der Waals surface area contributed by atoms with E-state index in [-0.39, 0.29) is 24.2 Å². The summed E-state index contributed by atoms with van der Waals surface area (Å²) in [5.74, 6) is -2.27. The van der Waals surface area contributed by atoms with Gasteiger partial charge in [0.05, 0.1) is 11.9 Å². The normalized spacial score (nSPS) is 12.0. The summed E-state index contributed by atoms with van der Waals surface area (Å²) in [5, 5.41) is 2.81. The maximum atomic E-state index is 14.7. The number of carbonyl (C=O) groups is 2. The van der Waals surface area contributed by atoms with Crippen molar-refractivity contribution in [1.29, 1.82) is 0 Å². The third-order valence-corrected chi connectivity index (χ3v) is 7.05. The van der Waals surface area contributed by atoms with Gasteiger partial charge in [-0.05, 0) is 42.3 Å². The standard InChI is InChI=1S/C28H31F2N3O4S/c1-3-17-31-28(35)26(18-21-9-5-4-6-10-21)32(19-22-11-7-8-12-25(22)30)27(34)20-33(38(2,36)37)24-15-13-23(29)14-16-24/h4-16,26H,3,17-20H2,1-2H3,(H,31,35)/t26-/m1/s1. The number of anilines is 1. The number of nitrogens with one attached hydrogen (secondary N) is 1. The zero-order valence-corrected chi connectivity index (χ0v) is 22.1. The Morgan fingerprint density at radius 3 is 2.16 bits per heavy atom. The molecule has 0 unspecified atom stereocenters. The molecule has 0 aliphatic heterocycles. The third kappa shape index (κ3) is 7.85. The van der Waals surface area contributed by atoms with Crippen molar-refractivity contribution in [3.05, 3.63) is 102 Å². The number of halogens is 2. The smallest absolute Gasteiger partial charge is 0.244 e. The van der Waals surface area contributed by atoms with E-state index in [0.29, 0.717) is 13.0 Å².